The van der Waals surface area contributed by atoms with Gasteiger partial charge < -0.3 is 5.11 Å². The molecule has 1 unspecified atom stereocenters. The average Bonchev–Trinajstić information content (AvgIpc) is 2.85. The molecular formula is C11H11N2O2+. The van der Waals surface area contributed by atoms with E-state index in [1.807, 2.05) is 6.07 Å². The topological polar surface area (TPSA) is 59.2 Å². The number of nitrogens with one attached hydrogen (secondary N) is 1. The maximum atomic E-state index is 11.1. The van der Waals surface area contributed by atoms with E-state index < -0.39 is 5.97 Å². The van der Waals surface area contributed by atoms with Crippen LogP contribution >= 0.6 is 0 Å². The first kappa shape index (κ1) is 8.49. The van der Waals surface area contributed by atoms with Crippen LogP contribution in [0.5, 0.6) is 0 Å². The van der Waals surface area contributed by atoms with Crippen LogP contribution in [0.15, 0.2) is 18.2 Å². The summed E-state index contributed by atoms with van der Waals surface area (Å²) in [6, 6.07) is 5.40. The van der Waals surface area contributed by atoms with Crippen molar-refractivity contribution in [3.63, 3.8) is 0 Å². The summed E-state index contributed by atoms with van der Waals surface area (Å²) in [7, 11) is 0. The van der Waals surface area contributed by atoms with E-state index in [9.17, 15) is 4.79 Å². The molecular weight excluding hydrogens is 192 g/mol. The Morgan fingerprint density at radius 3 is 3.00 bits per heavy atom. The molecule has 2 heterocycles. The number of aromatic carboxylic acids is 1. The van der Waals surface area contributed by atoms with Gasteiger partial charge in [-0.05, 0) is 19.1 Å². The van der Waals surface area contributed by atoms with Crippen LogP contribution in [0.2, 0.25) is 0 Å². The summed E-state index contributed by atoms with van der Waals surface area (Å²) in [6.07, 6.45) is 2.07. The molecule has 2 N–H and O–H groups in total. The molecule has 0 bridgehead atoms. The molecule has 15 heavy (non-hydrogen) atoms. The number of rotatable bonds is 2. The molecule has 0 radical (unpaired) electrons. The van der Waals surface area contributed by atoms with Gasteiger partial charge >= 0.3 is 5.97 Å². The fourth-order valence-electron chi connectivity index (χ4n) is 2.20. The Bertz CT molecular complexity index is 591. The largest absolute Gasteiger partial charge is 0.478 e. The molecule has 4 heteroatoms. The summed E-state index contributed by atoms with van der Waals surface area (Å²) in [6.45, 7) is 2.98. The van der Waals surface area contributed by atoms with Crippen molar-refractivity contribution < 1.29 is 14.5 Å². The lowest BCUT2D eigenvalue weighted by Crippen LogP contribution is -2.31. The summed E-state index contributed by atoms with van der Waals surface area (Å²) in [4.78, 5) is 11.1. The van der Waals surface area contributed by atoms with Crippen LogP contribution in [0.1, 0.15) is 17.3 Å². The van der Waals surface area contributed by atoms with Crippen LogP contribution in [0.4, 0.5) is 0 Å². The summed E-state index contributed by atoms with van der Waals surface area (Å²) in [5.74, 6) is 0.156. The zero-order chi connectivity index (χ0) is 10.6. The molecule has 1 atom stereocenters. The molecule has 76 valence electrons. The number of carboxylic acids is 1. The van der Waals surface area contributed by atoms with E-state index in [4.69, 9.17) is 5.11 Å². The predicted octanol–water partition coefficient (Wildman–Crippen LogP) is -0.443. The van der Waals surface area contributed by atoms with Crippen molar-refractivity contribution >= 4 is 18.0 Å². The number of carbonyl (C=O) groups is 1. The first-order valence-electron chi connectivity index (χ1n) is 4.94. The Labute approximate surface area is 86.3 Å². The van der Waals surface area contributed by atoms with Gasteiger partial charge in [0.15, 0.2) is 0 Å². The number of benzene rings is 1. The highest BCUT2D eigenvalue weighted by Gasteiger charge is 2.52. The predicted molar refractivity (Wildman–Crippen MR) is 54.5 cm³/mol. The Kier molecular flexibility index (Phi) is 1.36. The highest BCUT2D eigenvalue weighted by atomic mass is 16.4. The molecule has 2 aliphatic heterocycles. The van der Waals surface area contributed by atoms with Crippen LogP contribution < -0.4 is 15.9 Å². The Balaban J connectivity index is 2.39. The third kappa shape index (κ3) is 0.915. The summed E-state index contributed by atoms with van der Waals surface area (Å²) in [5, 5.41) is 11.0. The first-order valence-corrected chi connectivity index (χ1v) is 4.94. The molecule has 4 nitrogen and oxygen atoms in total. The van der Waals surface area contributed by atoms with Gasteiger partial charge in [0, 0.05) is 5.22 Å². The van der Waals surface area contributed by atoms with Gasteiger partial charge in [0.05, 0.1) is 10.8 Å². The SMILES string of the molecule is CC[N+]12C=c3cccc(C(=O)O)c3=C1N2. The molecule has 0 spiro atoms. The van der Waals surface area contributed by atoms with Crippen molar-refractivity contribution in [2.24, 2.45) is 0 Å². The second-order valence-corrected chi connectivity index (χ2v) is 3.85. The van der Waals surface area contributed by atoms with E-state index in [1.165, 1.54) is 0 Å². The van der Waals surface area contributed by atoms with E-state index in [0.717, 1.165) is 22.8 Å². The average molecular weight is 203 g/mol. The highest BCUT2D eigenvalue weighted by molar-refractivity contribution is 5.89. The van der Waals surface area contributed by atoms with E-state index in [1.54, 1.807) is 12.1 Å². The second kappa shape index (κ2) is 2.41. The third-order valence-corrected chi connectivity index (χ3v) is 3.08. The fourth-order valence-corrected chi connectivity index (χ4v) is 2.20. The van der Waals surface area contributed by atoms with Gasteiger partial charge in [-0.2, -0.15) is 5.43 Å². The lowest BCUT2D eigenvalue weighted by atomic mass is 10.1. The number of nitrogens with zero attached hydrogens (tertiary/aromatic N) is 1. The Hall–Kier alpha value is -1.81. The molecule has 0 amide bonds. The van der Waals surface area contributed by atoms with E-state index in [2.05, 4.69) is 18.5 Å². The van der Waals surface area contributed by atoms with Gasteiger partial charge in [-0.3, -0.25) is 0 Å². The molecule has 1 aromatic rings. The zero-order valence-electron chi connectivity index (χ0n) is 8.32. The summed E-state index contributed by atoms with van der Waals surface area (Å²) in [5.41, 5.74) is 3.60. The van der Waals surface area contributed by atoms with Gasteiger partial charge in [-0.1, -0.05) is 6.07 Å². The second-order valence-electron chi connectivity index (χ2n) is 3.85. The van der Waals surface area contributed by atoms with Gasteiger partial charge in [0.2, 0.25) is 0 Å². The number of carboxylic acid groups (broad SMARTS) is 1. The van der Waals surface area contributed by atoms with Crippen LogP contribution in [0.25, 0.3) is 12.0 Å². The monoisotopic (exact) mass is 203 g/mol. The van der Waals surface area contributed by atoms with Crippen molar-refractivity contribution in [3.8, 4) is 0 Å². The van der Waals surface area contributed by atoms with Crippen molar-refractivity contribution in [2.45, 2.75) is 6.92 Å². The van der Waals surface area contributed by atoms with E-state index in [-0.39, 0.29) is 0 Å². The van der Waals surface area contributed by atoms with Gasteiger partial charge in [-0.25, -0.2) is 4.79 Å². The van der Waals surface area contributed by atoms with Crippen LogP contribution in [0.3, 0.4) is 0 Å². The van der Waals surface area contributed by atoms with Crippen molar-refractivity contribution in [3.05, 3.63) is 34.2 Å². The van der Waals surface area contributed by atoms with Gasteiger partial charge in [-0.15, -0.1) is 4.59 Å². The maximum Gasteiger partial charge on any atom is 0.336 e. The molecule has 1 fully saturated rings. The van der Waals surface area contributed by atoms with Crippen molar-refractivity contribution in [1.29, 1.82) is 0 Å². The first-order chi connectivity index (χ1) is 7.18. The number of hydrogen-bond donors (Lipinski definition) is 2. The zero-order valence-corrected chi connectivity index (χ0v) is 8.32. The van der Waals surface area contributed by atoms with Gasteiger partial charge in [0.1, 0.15) is 12.7 Å². The van der Waals surface area contributed by atoms with Crippen molar-refractivity contribution in [1.82, 2.24) is 5.43 Å². The minimum atomic E-state index is -0.863. The lowest BCUT2D eigenvalue weighted by Gasteiger charge is -1.99. The molecule has 2 aliphatic rings. The minimum absolute atomic E-state index is 0.386. The van der Waals surface area contributed by atoms with E-state index in [0.29, 0.717) is 10.2 Å². The van der Waals surface area contributed by atoms with E-state index >= 15 is 0 Å². The molecule has 3 rings (SSSR count). The lowest BCUT2D eigenvalue weighted by molar-refractivity contribution is -0.703. The van der Waals surface area contributed by atoms with Crippen molar-refractivity contribution in [2.75, 3.05) is 6.54 Å². The standard InChI is InChI=1S/C11H10N2O2/c1-2-13-6-7-4-3-5-8(11(14)15)9(7)10(13)12-13/h3-6,12H,2H2,1H3/p+1. The fraction of sp³-hybridized carbons (Fsp3) is 0.182. The molecule has 0 saturated carbocycles. The summed E-state index contributed by atoms with van der Waals surface area (Å²) < 4.78 is 0.625. The number of quaternary nitrogens is 1. The quantitative estimate of drug-likeness (QED) is 0.506. The van der Waals surface area contributed by atoms with Crippen LogP contribution in [0, 0.1) is 0 Å². The highest BCUT2D eigenvalue weighted by Crippen LogP contribution is 2.30. The summed E-state index contributed by atoms with van der Waals surface area (Å²) >= 11 is 0. The molecule has 0 aromatic heterocycles. The smallest absolute Gasteiger partial charge is 0.336 e. The maximum absolute atomic E-state index is 11.1. The van der Waals surface area contributed by atoms with Gasteiger partial charge in [0.25, 0.3) is 5.82 Å². The molecule has 0 aliphatic carbocycles. The third-order valence-electron chi connectivity index (χ3n) is 3.08. The molecule has 1 aromatic carbocycles. The normalized spacial score (nSPS) is 25.0. The van der Waals surface area contributed by atoms with Crippen LogP contribution in [-0.4, -0.2) is 22.2 Å². The minimum Gasteiger partial charge on any atom is -0.478 e. The molecule has 1 saturated heterocycles. The number of hydrogen-bond acceptors (Lipinski definition) is 2. The Morgan fingerprint density at radius 2 is 2.33 bits per heavy atom. The van der Waals surface area contributed by atoms with Crippen LogP contribution in [-0.2, 0) is 0 Å². The Morgan fingerprint density at radius 1 is 1.53 bits per heavy atom. The number of fused-ring (bicyclic) bond motifs is 2.